The monoisotopic (exact) mass is 223 g/mol. The SMILES string of the molecule is CC(CO)c1ccc(N2CCCC2)c(F)c1. The van der Waals surface area contributed by atoms with Gasteiger partial charge in [-0.25, -0.2) is 4.39 Å². The van der Waals surface area contributed by atoms with Crippen LogP contribution in [-0.4, -0.2) is 24.8 Å². The molecule has 0 bridgehead atoms. The Labute approximate surface area is 95.7 Å². The van der Waals surface area contributed by atoms with E-state index in [2.05, 4.69) is 4.90 Å². The standard InChI is InChI=1S/C13H18FNO/c1-10(9-16)11-4-5-13(12(14)8-11)15-6-2-3-7-15/h4-5,8,10,16H,2-3,6-7,9H2,1H3. The van der Waals surface area contributed by atoms with Crippen LogP contribution < -0.4 is 4.90 Å². The van der Waals surface area contributed by atoms with Gasteiger partial charge in [0, 0.05) is 25.6 Å². The molecule has 1 saturated heterocycles. The van der Waals surface area contributed by atoms with Crippen LogP contribution in [0.2, 0.25) is 0 Å². The highest BCUT2D eigenvalue weighted by Gasteiger charge is 2.16. The van der Waals surface area contributed by atoms with Gasteiger partial charge < -0.3 is 10.0 Å². The van der Waals surface area contributed by atoms with Crippen LogP contribution in [-0.2, 0) is 0 Å². The zero-order valence-electron chi connectivity index (χ0n) is 9.62. The summed E-state index contributed by atoms with van der Waals surface area (Å²) < 4.78 is 13.9. The second-order valence-electron chi connectivity index (χ2n) is 4.49. The number of aliphatic hydroxyl groups is 1. The molecule has 1 aromatic carbocycles. The molecule has 0 aromatic heterocycles. The van der Waals surface area contributed by atoms with Gasteiger partial charge in [0.15, 0.2) is 0 Å². The van der Waals surface area contributed by atoms with Crippen molar-refractivity contribution in [2.24, 2.45) is 0 Å². The predicted octanol–water partition coefficient (Wildman–Crippen LogP) is 2.52. The Morgan fingerprint density at radius 2 is 2.06 bits per heavy atom. The molecule has 1 heterocycles. The molecule has 88 valence electrons. The first-order chi connectivity index (χ1) is 7.72. The van der Waals surface area contributed by atoms with Crippen LogP contribution in [0.3, 0.4) is 0 Å². The number of nitrogens with zero attached hydrogens (tertiary/aromatic N) is 1. The lowest BCUT2D eigenvalue weighted by Crippen LogP contribution is -2.19. The fraction of sp³-hybridized carbons (Fsp3) is 0.538. The van der Waals surface area contributed by atoms with Crippen molar-refractivity contribution in [1.29, 1.82) is 0 Å². The molecule has 3 heteroatoms. The summed E-state index contributed by atoms with van der Waals surface area (Å²) in [5.74, 6) is -0.165. The maximum atomic E-state index is 13.9. The molecular formula is C13H18FNO. The van der Waals surface area contributed by atoms with Crippen LogP contribution >= 0.6 is 0 Å². The Hall–Kier alpha value is -1.09. The van der Waals surface area contributed by atoms with E-state index >= 15 is 0 Å². The zero-order valence-corrected chi connectivity index (χ0v) is 9.62. The molecular weight excluding hydrogens is 205 g/mol. The van der Waals surface area contributed by atoms with Crippen molar-refractivity contribution < 1.29 is 9.50 Å². The molecule has 0 amide bonds. The minimum absolute atomic E-state index is 0.00197. The number of benzene rings is 1. The fourth-order valence-electron chi connectivity index (χ4n) is 2.15. The molecule has 0 saturated carbocycles. The smallest absolute Gasteiger partial charge is 0.146 e. The van der Waals surface area contributed by atoms with Crippen molar-refractivity contribution in [3.05, 3.63) is 29.6 Å². The van der Waals surface area contributed by atoms with Gasteiger partial charge in [-0.3, -0.25) is 0 Å². The first-order valence-electron chi connectivity index (χ1n) is 5.87. The third-order valence-corrected chi connectivity index (χ3v) is 3.26. The van der Waals surface area contributed by atoms with Crippen molar-refractivity contribution >= 4 is 5.69 Å². The number of rotatable bonds is 3. The lowest BCUT2D eigenvalue weighted by molar-refractivity contribution is 0.273. The molecule has 2 nitrogen and oxygen atoms in total. The lowest BCUT2D eigenvalue weighted by Gasteiger charge is -2.19. The van der Waals surface area contributed by atoms with E-state index in [4.69, 9.17) is 5.11 Å². The Morgan fingerprint density at radius 3 is 2.62 bits per heavy atom. The van der Waals surface area contributed by atoms with Gasteiger partial charge in [-0.2, -0.15) is 0 Å². The van der Waals surface area contributed by atoms with E-state index in [0.717, 1.165) is 31.5 Å². The van der Waals surface area contributed by atoms with Gasteiger partial charge in [-0.05, 0) is 30.5 Å². The van der Waals surface area contributed by atoms with Crippen LogP contribution in [0.4, 0.5) is 10.1 Å². The molecule has 2 rings (SSSR count). The average Bonchev–Trinajstić information content (AvgIpc) is 2.81. The highest BCUT2D eigenvalue weighted by molar-refractivity contribution is 5.50. The molecule has 1 aliphatic heterocycles. The normalized spacial score (nSPS) is 17.8. The number of anilines is 1. The minimum Gasteiger partial charge on any atom is -0.396 e. The molecule has 1 atom stereocenters. The van der Waals surface area contributed by atoms with Crippen LogP contribution in [0.15, 0.2) is 18.2 Å². The van der Waals surface area contributed by atoms with E-state index in [9.17, 15) is 4.39 Å². The topological polar surface area (TPSA) is 23.5 Å². The second kappa shape index (κ2) is 4.83. The quantitative estimate of drug-likeness (QED) is 0.851. The summed E-state index contributed by atoms with van der Waals surface area (Å²) in [4.78, 5) is 2.09. The molecule has 1 unspecified atom stereocenters. The summed E-state index contributed by atoms with van der Waals surface area (Å²) in [7, 11) is 0. The number of hydrogen-bond donors (Lipinski definition) is 1. The molecule has 0 radical (unpaired) electrons. The van der Waals surface area contributed by atoms with E-state index in [-0.39, 0.29) is 18.3 Å². The Kier molecular flexibility index (Phi) is 3.44. The van der Waals surface area contributed by atoms with E-state index in [0.29, 0.717) is 5.69 Å². The highest BCUT2D eigenvalue weighted by atomic mass is 19.1. The average molecular weight is 223 g/mol. The van der Waals surface area contributed by atoms with E-state index < -0.39 is 0 Å². The van der Waals surface area contributed by atoms with Crippen molar-refractivity contribution in [3.63, 3.8) is 0 Å². The first kappa shape index (κ1) is 11.4. The number of halogens is 1. The van der Waals surface area contributed by atoms with Crippen LogP contribution in [0, 0.1) is 5.82 Å². The Balaban J connectivity index is 2.22. The largest absolute Gasteiger partial charge is 0.396 e. The summed E-state index contributed by atoms with van der Waals surface area (Å²) in [6.45, 7) is 3.85. The van der Waals surface area contributed by atoms with Gasteiger partial charge in [0.2, 0.25) is 0 Å². The van der Waals surface area contributed by atoms with Gasteiger partial charge in [0.25, 0.3) is 0 Å². The maximum Gasteiger partial charge on any atom is 0.146 e. The summed E-state index contributed by atoms with van der Waals surface area (Å²) in [5.41, 5.74) is 1.56. The van der Waals surface area contributed by atoms with Crippen molar-refractivity contribution in [3.8, 4) is 0 Å². The first-order valence-corrected chi connectivity index (χ1v) is 5.87. The van der Waals surface area contributed by atoms with Gasteiger partial charge in [0.1, 0.15) is 5.82 Å². The van der Waals surface area contributed by atoms with Gasteiger partial charge >= 0.3 is 0 Å². The Bertz CT molecular complexity index is 361. The third-order valence-electron chi connectivity index (χ3n) is 3.26. The Morgan fingerprint density at radius 1 is 1.38 bits per heavy atom. The van der Waals surface area contributed by atoms with E-state index in [1.165, 1.54) is 0 Å². The van der Waals surface area contributed by atoms with Crippen LogP contribution in [0.25, 0.3) is 0 Å². The van der Waals surface area contributed by atoms with Crippen LogP contribution in [0.1, 0.15) is 31.2 Å². The maximum absolute atomic E-state index is 13.9. The number of aliphatic hydroxyl groups excluding tert-OH is 1. The predicted molar refractivity (Wildman–Crippen MR) is 63.3 cm³/mol. The molecule has 0 aliphatic carbocycles. The van der Waals surface area contributed by atoms with E-state index in [1.807, 2.05) is 19.1 Å². The van der Waals surface area contributed by atoms with E-state index in [1.54, 1.807) is 6.07 Å². The summed E-state index contributed by atoms with van der Waals surface area (Å²) in [5, 5.41) is 9.03. The van der Waals surface area contributed by atoms with Crippen molar-refractivity contribution in [1.82, 2.24) is 0 Å². The molecule has 1 aromatic rings. The molecule has 1 fully saturated rings. The minimum atomic E-state index is -0.167. The van der Waals surface area contributed by atoms with Crippen molar-refractivity contribution in [2.75, 3.05) is 24.6 Å². The summed E-state index contributed by atoms with van der Waals surface area (Å²) in [6, 6.07) is 5.30. The summed E-state index contributed by atoms with van der Waals surface area (Å²) >= 11 is 0. The fourth-order valence-corrected chi connectivity index (χ4v) is 2.15. The summed E-state index contributed by atoms with van der Waals surface area (Å²) in [6.07, 6.45) is 2.29. The van der Waals surface area contributed by atoms with Gasteiger partial charge in [-0.15, -0.1) is 0 Å². The number of hydrogen-bond acceptors (Lipinski definition) is 2. The highest BCUT2D eigenvalue weighted by Crippen LogP contribution is 2.26. The molecule has 1 N–H and O–H groups in total. The molecule has 0 spiro atoms. The van der Waals surface area contributed by atoms with Crippen molar-refractivity contribution in [2.45, 2.75) is 25.7 Å². The lowest BCUT2D eigenvalue weighted by atomic mass is 10.0. The van der Waals surface area contributed by atoms with Gasteiger partial charge in [0.05, 0.1) is 5.69 Å². The van der Waals surface area contributed by atoms with Gasteiger partial charge in [-0.1, -0.05) is 13.0 Å². The molecule has 16 heavy (non-hydrogen) atoms. The molecule has 1 aliphatic rings. The third kappa shape index (κ3) is 2.19. The second-order valence-corrected chi connectivity index (χ2v) is 4.49. The van der Waals surface area contributed by atoms with Crippen LogP contribution in [0.5, 0.6) is 0 Å². The zero-order chi connectivity index (χ0) is 11.5.